The lowest BCUT2D eigenvalue weighted by molar-refractivity contribution is 0.270. The van der Waals surface area contributed by atoms with E-state index >= 15 is 0 Å². The predicted octanol–water partition coefficient (Wildman–Crippen LogP) is 6.56. The molecule has 2 aromatic carbocycles. The fraction of sp³-hybridized carbons (Fsp3) is 0.364. The van der Waals surface area contributed by atoms with Crippen molar-refractivity contribution in [2.75, 3.05) is 11.9 Å². The molecule has 0 radical (unpaired) electrons. The molecule has 3 unspecified atom stereocenters. The predicted molar refractivity (Wildman–Crippen MR) is 111 cm³/mol. The second kappa shape index (κ2) is 7.29. The Bertz CT molecular complexity index is 894. The van der Waals surface area contributed by atoms with E-state index in [0.717, 1.165) is 23.4 Å². The monoisotopic (exact) mass is 403 g/mol. The van der Waals surface area contributed by atoms with Gasteiger partial charge in [0.1, 0.15) is 11.5 Å². The van der Waals surface area contributed by atoms with Crippen molar-refractivity contribution in [1.29, 1.82) is 0 Å². The summed E-state index contributed by atoms with van der Waals surface area (Å²) in [7, 11) is 0. The van der Waals surface area contributed by atoms with E-state index in [9.17, 15) is 5.11 Å². The van der Waals surface area contributed by atoms with Crippen LogP contribution in [0.3, 0.4) is 0 Å². The highest BCUT2D eigenvalue weighted by Gasteiger charge is 2.39. The number of benzene rings is 2. The Hall–Kier alpha value is -1.84. The molecule has 1 heterocycles. The smallest absolute Gasteiger partial charge is 0.139 e. The van der Waals surface area contributed by atoms with Crippen molar-refractivity contribution >= 4 is 28.9 Å². The first-order chi connectivity index (χ1) is 12.9. The number of nitrogens with one attached hydrogen (secondary N) is 1. The number of anilines is 1. The summed E-state index contributed by atoms with van der Waals surface area (Å²) in [5.41, 5.74) is 3.04. The minimum atomic E-state index is -0.0591. The van der Waals surface area contributed by atoms with Gasteiger partial charge >= 0.3 is 0 Å². The third-order valence-electron chi connectivity index (χ3n) is 5.31. The quantitative estimate of drug-likeness (QED) is 0.567. The summed E-state index contributed by atoms with van der Waals surface area (Å²) in [6.45, 7) is 4.99. The van der Waals surface area contributed by atoms with Crippen molar-refractivity contribution < 1.29 is 9.84 Å². The van der Waals surface area contributed by atoms with Gasteiger partial charge in [-0.2, -0.15) is 0 Å². The van der Waals surface area contributed by atoms with Crippen LogP contribution >= 0.6 is 23.2 Å². The fourth-order valence-corrected chi connectivity index (χ4v) is 4.57. The minimum absolute atomic E-state index is 0.0591. The second-order valence-corrected chi connectivity index (χ2v) is 8.60. The number of phenols is 1. The highest BCUT2D eigenvalue weighted by molar-refractivity contribution is 6.35. The molecule has 0 aromatic heterocycles. The molecule has 1 aliphatic carbocycles. The van der Waals surface area contributed by atoms with Gasteiger partial charge in [-0.05, 0) is 54.2 Å². The standard InChI is InChI=1S/C22H23Cl2NO2/c1-12(2)11-27-14-6-7-20-17(10-14)15-4-3-5-16(15)21(25-20)18-8-13(23)9-19(24)22(18)26/h3-4,6-10,12,15-16,21,25-26H,5,11H2,1-2H3. The molecule has 0 fully saturated rings. The number of aromatic hydroxyl groups is 1. The van der Waals surface area contributed by atoms with Crippen LogP contribution in [0.1, 0.15) is 43.4 Å². The van der Waals surface area contributed by atoms with E-state index in [2.05, 4.69) is 43.4 Å². The molecule has 142 valence electrons. The molecular formula is C22H23Cl2NO2. The maximum Gasteiger partial charge on any atom is 0.139 e. The second-order valence-electron chi connectivity index (χ2n) is 7.75. The number of phenolic OH excluding ortho intramolecular Hbond substituents is 1. The van der Waals surface area contributed by atoms with Crippen molar-refractivity contribution in [1.82, 2.24) is 0 Å². The summed E-state index contributed by atoms with van der Waals surface area (Å²) >= 11 is 12.4. The highest BCUT2D eigenvalue weighted by atomic mass is 35.5. The molecule has 5 heteroatoms. The molecule has 4 rings (SSSR count). The van der Waals surface area contributed by atoms with Gasteiger partial charge in [0, 0.05) is 22.2 Å². The Balaban J connectivity index is 1.71. The number of rotatable bonds is 4. The zero-order valence-corrected chi connectivity index (χ0v) is 16.9. The van der Waals surface area contributed by atoms with Gasteiger partial charge < -0.3 is 15.2 Å². The molecule has 3 nitrogen and oxygen atoms in total. The van der Waals surface area contributed by atoms with Gasteiger partial charge in [0.2, 0.25) is 0 Å². The molecule has 2 N–H and O–H groups in total. The molecule has 2 aliphatic rings. The summed E-state index contributed by atoms with van der Waals surface area (Å²) in [4.78, 5) is 0. The molecule has 0 bridgehead atoms. The lowest BCUT2D eigenvalue weighted by Crippen LogP contribution is -2.29. The number of hydrogen-bond donors (Lipinski definition) is 2. The average molecular weight is 404 g/mol. The highest BCUT2D eigenvalue weighted by Crippen LogP contribution is 2.52. The van der Waals surface area contributed by atoms with E-state index < -0.39 is 0 Å². The maximum absolute atomic E-state index is 10.5. The van der Waals surface area contributed by atoms with Gasteiger partial charge in [0.05, 0.1) is 17.7 Å². The summed E-state index contributed by atoms with van der Waals surface area (Å²) in [6, 6.07) is 9.51. The molecule has 0 saturated carbocycles. The average Bonchev–Trinajstić information content (AvgIpc) is 3.12. The number of halogens is 2. The first-order valence-electron chi connectivity index (χ1n) is 9.32. The normalized spacial score (nSPS) is 23.1. The summed E-state index contributed by atoms with van der Waals surface area (Å²) in [6.07, 6.45) is 5.40. The molecule has 3 atom stereocenters. The zero-order valence-electron chi connectivity index (χ0n) is 15.4. The van der Waals surface area contributed by atoms with E-state index in [1.54, 1.807) is 12.1 Å². The van der Waals surface area contributed by atoms with Gasteiger partial charge in [-0.1, -0.05) is 49.2 Å². The molecule has 0 spiro atoms. The van der Waals surface area contributed by atoms with E-state index in [0.29, 0.717) is 23.5 Å². The number of hydrogen-bond acceptors (Lipinski definition) is 3. The van der Waals surface area contributed by atoms with Crippen molar-refractivity contribution in [2.24, 2.45) is 11.8 Å². The lowest BCUT2D eigenvalue weighted by atomic mass is 9.77. The van der Waals surface area contributed by atoms with Crippen LogP contribution in [0, 0.1) is 11.8 Å². The van der Waals surface area contributed by atoms with E-state index in [1.165, 1.54) is 5.56 Å². The minimum Gasteiger partial charge on any atom is -0.506 e. The third-order valence-corrected chi connectivity index (χ3v) is 5.82. The Morgan fingerprint density at radius 1 is 1.19 bits per heavy atom. The van der Waals surface area contributed by atoms with Crippen molar-refractivity contribution in [3.63, 3.8) is 0 Å². The van der Waals surface area contributed by atoms with Crippen LogP contribution in [0.15, 0.2) is 42.5 Å². The van der Waals surface area contributed by atoms with Crippen LogP contribution in [-0.2, 0) is 0 Å². The first kappa shape index (κ1) is 18.5. The Kier molecular flexibility index (Phi) is 5.00. The fourth-order valence-electron chi connectivity index (χ4n) is 4.06. The van der Waals surface area contributed by atoms with Gasteiger partial charge in [0.15, 0.2) is 0 Å². The summed E-state index contributed by atoms with van der Waals surface area (Å²) < 4.78 is 5.92. The topological polar surface area (TPSA) is 41.5 Å². The lowest BCUT2D eigenvalue weighted by Gasteiger charge is -2.38. The van der Waals surface area contributed by atoms with Crippen LogP contribution in [0.5, 0.6) is 11.5 Å². The zero-order chi connectivity index (χ0) is 19.1. The van der Waals surface area contributed by atoms with Crippen LogP contribution in [0.25, 0.3) is 0 Å². The third kappa shape index (κ3) is 3.51. The van der Waals surface area contributed by atoms with E-state index in [1.807, 2.05) is 6.07 Å². The van der Waals surface area contributed by atoms with Crippen LogP contribution in [-0.4, -0.2) is 11.7 Å². The molecule has 2 aromatic rings. The van der Waals surface area contributed by atoms with Crippen molar-refractivity contribution in [3.8, 4) is 11.5 Å². The Morgan fingerprint density at radius 3 is 2.78 bits per heavy atom. The van der Waals surface area contributed by atoms with Crippen LogP contribution in [0.4, 0.5) is 5.69 Å². The van der Waals surface area contributed by atoms with Gasteiger partial charge in [-0.3, -0.25) is 0 Å². The maximum atomic E-state index is 10.5. The molecular weight excluding hydrogens is 381 g/mol. The van der Waals surface area contributed by atoms with Gasteiger partial charge in [-0.25, -0.2) is 0 Å². The molecule has 1 aliphatic heterocycles. The first-order valence-corrected chi connectivity index (χ1v) is 10.1. The number of allylic oxidation sites excluding steroid dienone is 2. The molecule has 0 amide bonds. The van der Waals surface area contributed by atoms with Crippen molar-refractivity contribution in [3.05, 3.63) is 63.7 Å². The SMILES string of the molecule is CC(C)COc1ccc2c(c1)C1C=CCC1C(c1cc(Cl)cc(Cl)c1O)N2. The number of ether oxygens (including phenoxy) is 1. The number of fused-ring (bicyclic) bond motifs is 3. The summed E-state index contributed by atoms with van der Waals surface area (Å²) in [5.74, 6) is 2.04. The Morgan fingerprint density at radius 2 is 2.00 bits per heavy atom. The van der Waals surface area contributed by atoms with Gasteiger partial charge in [-0.15, -0.1) is 0 Å². The van der Waals surface area contributed by atoms with E-state index in [-0.39, 0.29) is 22.7 Å². The van der Waals surface area contributed by atoms with Gasteiger partial charge in [0.25, 0.3) is 0 Å². The van der Waals surface area contributed by atoms with E-state index in [4.69, 9.17) is 27.9 Å². The summed E-state index contributed by atoms with van der Waals surface area (Å²) in [5, 5.41) is 14.9. The Labute approximate surface area is 170 Å². The molecule has 27 heavy (non-hydrogen) atoms. The van der Waals surface area contributed by atoms with Crippen molar-refractivity contribution in [2.45, 2.75) is 32.2 Å². The largest absolute Gasteiger partial charge is 0.506 e. The van der Waals surface area contributed by atoms with Crippen LogP contribution < -0.4 is 10.1 Å². The molecule has 0 saturated heterocycles. The van der Waals surface area contributed by atoms with Crippen LogP contribution in [0.2, 0.25) is 10.0 Å².